The molecule has 0 unspecified atom stereocenters. The van der Waals surface area contributed by atoms with Gasteiger partial charge >= 0.3 is 5.97 Å². The monoisotopic (exact) mass is 104 g/mol. The summed E-state index contributed by atoms with van der Waals surface area (Å²) >= 11 is 0. The van der Waals surface area contributed by atoms with Crippen LogP contribution in [0.3, 0.4) is 0 Å². The zero-order valence-corrected chi connectivity index (χ0v) is 3.67. The second kappa shape index (κ2) is 2.30. The van der Waals surface area contributed by atoms with Crippen LogP contribution < -0.4 is 0 Å². The van der Waals surface area contributed by atoms with Crippen molar-refractivity contribution < 1.29 is 19.7 Å². The summed E-state index contributed by atoms with van der Waals surface area (Å²) in [5, 5.41) is 7.43. The van der Waals surface area contributed by atoms with Gasteiger partial charge in [0.15, 0.2) is 0 Å². The quantitative estimate of drug-likeness (QED) is 0.279. The summed E-state index contributed by atoms with van der Waals surface area (Å²) in [6.45, 7) is 0.999. The van der Waals surface area contributed by atoms with E-state index < -0.39 is 11.8 Å². The molecule has 0 radical (unpaired) electrons. The molecule has 0 spiro atoms. The van der Waals surface area contributed by atoms with E-state index >= 15 is 0 Å². The van der Waals surface area contributed by atoms with Crippen LogP contribution in [0.25, 0.3) is 0 Å². The highest BCUT2D eigenvalue weighted by molar-refractivity contribution is 6.32. The molecule has 40 valence electrons. The molecular formula is C3H4O4. The van der Waals surface area contributed by atoms with Crippen molar-refractivity contribution in [3.63, 3.8) is 0 Å². The van der Waals surface area contributed by atoms with Gasteiger partial charge in [0.2, 0.25) is 5.78 Å². The van der Waals surface area contributed by atoms with E-state index in [-0.39, 0.29) is 0 Å². The van der Waals surface area contributed by atoms with Gasteiger partial charge in [-0.3, -0.25) is 9.68 Å². The Kier molecular flexibility index (Phi) is 2.01. The van der Waals surface area contributed by atoms with E-state index in [0.717, 1.165) is 6.92 Å². The number of rotatable bonds is 1. The molecule has 0 aromatic heterocycles. The number of ketones is 1. The van der Waals surface area contributed by atoms with Crippen molar-refractivity contribution in [3.8, 4) is 0 Å². The highest BCUT2D eigenvalue weighted by Crippen LogP contribution is 1.71. The van der Waals surface area contributed by atoms with E-state index in [2.05, 4.69) is 4.89 Å². The van der Waals surface area contributed by atoms with Crippen LogP contribution in [0.4, 0.5) is 0 Å². The van der Waals surface area contributed by atoms with Crippen LogP contribution in [0.1, 0.15) is 6.92 Å². The molecule has 0 aromatic rings. The Morgan fingerprint density at radius 3 is 2.00 bits per heavy atom. The molecular weight excluding hydrogens is 100 g/mol. The lowest BCUT2D eigenvalue weighted by molar-refractivity contribution is -0.231. The minimum atomic E-state index is -1.24. The zero-order chi connectivity index (χ0) is 5.86. The predicted molar refractivity (Wildman–Crippen MR) is 19.4 cm³/mol. The Balaban J connectivity index is 3.58. The van der Waals surface area contributed by atoms with Gasteiger partial charge in [0.25, 0.3) is 0 Å². The maximum absolute atomic E-state index is 9.74. The fourth-order valence-corrected chi connectivity index (χ4v) is 0.0643. The third kappa shape index (κ3) is 1.88. The second-order valence-electron chi connectivity index (χ2n) is 0.935. The summed E-state index contributed by atoms with van der Waals surface area (Å²) in [6.07, 6.45) is 0. The van der Waals surface area contributed by atoms with Crippen molar-refractivity contribution >= 4 is 11.8 Å². The first kappa shape index (κ1) is 6.10. The first-order chi connectivity index (χ1) is 3.18. The summed E-state index contributed by atoms with van der Waals surface area (Å²) < 4.78 is 0. The van der Waals surface area contributed by atoms with Crippen LogP contribution in [0.15, 0.2) is 0 Å². The van der Waals surface area contributed by atoms with Gasteiger partial charge in [-0.15, -0.1) is 0 Å². The van der Waals surface area contributed by atoms with Crippen LogP contribution in [0.2, 0.25) is 0 Å². The molecule has 0 saturated heterocycles. The van der Waals surface area contributed by atoms with Crippen molar-refractivity contribution in [3.05, 3.63) is 0 Å². The molecule has 0 aromatic carbocycles. The highest BCUT2D eigenvalue weighted by Gasteiger charge is 2.05. The van der Waals surface area contributed by atoms with Crippen LogP contribution in [0, 0.1) is 0 Å². The van der Waals surface area contributed by atoms with E-state index in [1.165, 1.54) is 0 Å². The minimum absolute atomic E-state index is 0.817. The SMILES string of the molecule is CC(=O)C(=O)OO. The minimum Gasteiger partial charge on any atom is -0.292 e. The van der Waals surface area contributed by atoms with Crippen LogP contribution >= 0.6 is 0 Å². The normalized spacial score (nSPS) is 7.71. The maximum atomic E-state index is 9.74. The molecule has 0 aliphatic carbocycles. The van der Waals surface area contributed by atoms with Gasteiger partial charge in [-0.25, -0.2) is 4.79 Å². The summed E-state index contributed by atoms with van der Waals surface area (Å²) in [5.74, 6) is -2.05. The molecule has 0 aliphatic heterocycles. The largest absolute Gasteiger partial charge is 0.407 e. The number of carbonyl (C=O) groups is 2. The number of Topliss-reactive ketones (excluding diaryl/α,β-unsaturated/α-hetero) is 1. The Bertz CT molecular complexity index is 95.1. The molecule has 0 aliphatic rings. The molecule has 0 rings (SSSR count). The second-order valence-corrected chi connectivity index (χ2v) is 0.935. The molecule has 0 amide bonds. The van der Waals surface area contributed by atoms with Crippen molar-refractivity contribution in [2.75, 3.05) is 0 Å². The van der Waals surface area contributed by atoms with Crippen LogP contribution in [0.5, 0.6) is 0 Å². The Morgan fingerprint density at radius 2 is 2.00 bits per heavy atom. The smallest absolute Gasteiger partial charge is 0.292 e. The number of hydrogen-bond acceptors (Lipinski definition) is 4. The summed E-state index contributed by atoms with van der Waals surface area (Å²) in [6, 6.07) is 0. The fourth-order valence-electron chi connectivity index (χ4n) is 0.0643. The average molecular weight is 104 g/mol. The predicted octanol–water partition coefficient (Wildman–Crippen LogP) is -0.408. The van der Waals surface area contributed by atoms with Gasteiger partial charge < -0.3 is 0 Å². The molecule has 0 atom stereocenters. The number of hydrogen-bond donors (Lipinski definition) is 1. The van der Waals surface area contributed by atoms with Crippen LogP contribution in [-0.2, 0) is 14.5 Å². The third-order valence-corrected chi connectivity index (χ3v) is 0.370. The standard InChI is InChI=1S/C3H4O4/c1-2(4)3(5)7-6/h6H,1H3. The molecule has 0 heterocycles. The van der Waals surface area contributed by atoms with E-state index in [1.807, 2.05) is 0 Å². The Hall–Kier alpha value is -0.900. The van der Waals surface area contributed by atoms with E-state index in [1.54, 1.807) is 0 Å². The Morgan fingerprint density at radius 1 is 1.57 bits per heavy atom. The lowest BCUT2D eigenvalue weighted by Gasteiger charge is -1.83. The van der Waals surface area contributed by atoms with Crippen molar-refractivity contribution in [1.29, 1.82) is 0 Å². The maximum Gasteiger partial charge on any atom is 0.407 e. The van der Waals surface area contributed by atoms with Gasteiger partial charge in [0, 0.05) is 6.92 Å². The van der Waals surface area contributed by atoms with Gasteiger partial charge in [0.05, 0.1) is 0 Å². The topological polar surface area (TPSA) is 63.6 Å². The molecule has 4 nitrogen and oxygen atoms in total. The molecule has 4 heteroatoms. The van der Waals surface area contributed by atoms with Crippen molar-refractivity contribution in [2.45, 2.75) is 6.92 Å². The lowest BCUT2D eigenvalue weighted by Crippen LogP contribution is -2.10. The molecule has 1 N–H and O–H groups in total. The first-order valence-corrected chi connectivity index (χ1v) is 1.54. The van der Waals surface area contributed by atoms with Crippen molar-refractivity contribution in [1.82, 2.24) is 0 Å². The summed E-state index contributed by atoms with van der Waals surface area (Å²) in [5.41, 5.74) is 0. The highest BCUT2D eigenvalue weighted by atomic mass is 17.1. The summed E-state index contributed by atoms with van der Waals surface area (Å²) in [7, 11) is 0. The van der Waals surface area contributed by atoms with Crippen molar-refractivity contribution in [2.24, 2.45) is 0 Å². The van der Waals surface area contributed by atoms with E-state index in [4.69, 9.17) is 5.26 Å². The zero-order valence-electron chi connectivity index (χ0n) is 3.67. The third-order valence-electron chi connectivity index (χ3n) is 0.370. The van der Waals surface area contributed by atoms with Gasteiger partial charge in [0.1, 0.15) is 0 Å². The molecule has 0 fully saturated rings. The molecule has 0 saturated carbocycles. The summed E-state index contributed by atoms with van der Waals surface area (Å²) in [4.78, 5) is 22.5. The average Bonchev–Trinajstić information content (AvgIpc) is 1.65. The van der Waals surface area contributed by atoms with Crippen LogP contribution in [-0.4, -0.2) is 17.0 Å². The van der Waals surface area contributed by atoms with E-state index in [9.17, 15) is 9.59 Å². The number of carbonyl (C=O) groups excluding carboxylic acids is 2. The van der Waals surface area contributed by atoms with Gasteiger partial charge in [-0.05, 0) is 0 Å². The van der Waals surface area contributed by atoms with Gasteiger partial charge in [-0.1, -0.05) is 0 Å². The molecule has 0 bridgehead atoms. The molecule has 7 heavy (non-hydrogen) atoms. The van der Waals surface area contributed by atoms with E-state index in [0.29, 0.717) is 0 Å². The first-order valence-electron chi connectivity index (χ1n) is 1.54. The fraction of sp³-hybridized carbons (Fsp3) is 0.333. The lowest BCUT2D eigenvalue weighted by atomic mass is 10.5. The van der Waals surface area contributed by atoms with Gasteiger partial charge in [-0.2, -0.15) is 5.26 Å². The Labute approximate surface area is 39.6 Å².